The lowest BCUT2D eigenvalue weighted by Gasteiger charge is -2.28. The fourth-order valence-electron chi connectivity index (χ4n) is 3.07. The second-order valence-corrected chi connectivity index (χ2v) is 7.54. The predicted molar refractivity (Wildman–Crippen MR) is 88.5 cm³/mol. The van der Waals surface area contributed by atoms with Gasteiger partial charge in [0.2, 0.25) is 5.91 Å². The van der Waals surface area contributed by atoms with E-state index in [0.29, 0.717) is 6.42 Å². The van der Waals surface area contributed by atoms with Gasteiger partial charge in [-0.05, 0) is 27.2 Å². The third-order valence-corrected chi connectivity index (χ3v) is 4.40. The molecular weight excluding hydrogens is 328 g/mol. The number of nitrogens with zero attached hydrogens (tertiary/aromatic N) is 1. The van der Waals surface area contributed by atoms with E-state index < -0.39 is 41.3 Å². The summed E-state index contributed by atoms with van der Waals surface area (Å²) in [5, 5.41) is 12.6. The second-order valence-electron chi connectivity index (χ2n) is 7.54. The van der Waals surface area contributed by atoms with Gasteiger partial charge in [-0.2, -0.15) is 0 Å². The fourth-order valence-corrected chi connectivity index (χ4v) is 3.07. The Bertz CT molecular complexity index is 584. The van der Waals surface area contributed by atoms with Gasteiger partial charge in [-0.15, -0.1) is 6.58 Å². The van der Waals surface area contributed by atoms with Crippen LogP contribution in [0.3, 0.4) is 0 Å². The summed E-state index contributed by atoms with van der Waals surface area (Å²) < 4.78 is 10.1. The van der Waals surface area contributed by atoms with Crippen molar-refractivity contribution in [1.29, 1.82) is 0 Å². The third-order valence-electron chi connectivity index (χ3n) is 4.40. The maximum Gasteiger partial charge on any atom is 0.411 e. The first-order valence-electron chi connectivity index (χ1n) is 8.24. The van der Waals surface area contributed by atoms with Crippen molar-refractivity contribution in [2.24, 2.45) is 5.92 Å². The molecular formula is C17H26N2O6. The molecule has 8 nitrogen and oxygen atoms in total. The molecule has 1 heterocycles. The van der Waals surface area contributed by atoms with Gasteiger partial charge in [-0.3, -0.25) is 9.69 Å². The Morgan fingerprint density at radius 1 is 1.36 bits per heavy atom. The normalized spacial score (nSPS) is 31.2. The van der Waals surface area contributed by atoms with E-state index in [0.717, 1.165) is 0 Å². The van der Waals surface area contributed by atoms with E-state index in [-0.39, 0.29) is 18.9 Å². The molecule has 0 unspecified atom stereocenters. The van der Waals surface area contributed by atoms with Crippen molar-refractivity contribution >= 4 is 18.0 Å². The molecule has 0 spiro atoms. The summed E-state index contributed by atoms with van der Waals surface area (Å²) in [5.41, 5.74) is -1.86. The van der Waals surface area contributed by atoms with Crippen molar-refractivity contribution < 1.29 is 29.0 Å². The van der Waals surface area contributed by atoms with Crippen molar-refractivity contribution in [2.45, 2.75) is 56.9 Å². The van der Waals surface area contributed by atoms with Gasteiger partial charge < -0.3 is 19.9 Å². The highest BCUT2D eigenvalue weighted by Gasteiger charge is 2.61. The number of aliphatic hydroxyl groups excluding tert-OH is 1. The summed E-state index contributed by atoms with van der Waals surface area (Å²) in [6.07, 6.45) is 0.573. The van der Waals surface area contributed by atoms with Crippen molar-refractivity contribution in [3.05, 3.63) is 12.7 Å². The highest BCUT2D eigenvalue weighted by Crippen LogP contribution is 2.45. The summed E-state index contributed by atoms with van der Waals surface area (Å²) in [6, 6.07) is -0.905. The van der Waals surface area contributed by atoms with Gasteiger partial charge in [0.15, 0.2) is 0 Å². The summed E-state index contributed by atoms with van der Waals surface area (Å²) in [6.45, 7) is 8.81. The number of nitrogens with one attached hydrogen (secondary N) is 1. The number of rotatable bonds is 4. The lowest BCUT2D eigenvalue weighted by molar-refractivity contribution is -0.147. The zero-order valence-electron chi connectivity index (χ0n) is 15.1. The molecule has 140 valence electrons. The largest absolute Gasteiger partial charge is 0.467 e. The van der Waals surface area contributed by atoms with Gasteiger partial charge in [0.05, 0.1) is 19.8 Å². The molecule has 2 rings (SSSR count). The average molecular weight is 354 g/mol. The number of likely N-dealkylation sites (tertiary alicyclic amines) is 1. The zero-order chi connectivity index (χ0) is 19.0. The maximum absolute atomic E-state index is 12.7. The SMILES string of the molecule is C=C[C@H]1C[C@]1(NC(=O)[C@@H]1C[C@@H](O)CN1C(=O)OC(C)(C)C)C(=O)OC. The molecule has 0 aromatic carbocycles. The number of β-amino-alcohol motifs (C(OH)–C–C–N with tert-alkyl or cyclic N) is 1. The molecule has 2 fully saturated rings. The van der Waals surface area contributed by atoms with Crippen LogP contribution in [0.25, 0.3) is 0 Å². The highest BCUT2D eigenvalue weighted by atomic mass is 16.6. The van der Waals surface area contributed by atoms with Crippen LogP contribution in [-0.4, -0.2) is 64.9 Å². The van der Waals surface area contributed by atoms with Gasteiger partial charge in [-0.25, -0.2) is 9.59 Å². The van der Waals surface area contributed by atoms with Crippen molar-refractivity contribution in [3.8, 4) is 0 Å². The van der Waals surface area contributed by atoms with Crippen LogP contribution in [0.15, 0.2) is 12.7 Å². The summed E-state index contributed by atoms with van der Waals surface area (Å²) in [5.74, 6) is -1.28. The average Bonchev–Trinajstić information content (AvgIpc) is 3.07. The topological polar surface area (TPSA) is 105 Å². The molecule has 4 atom stereocenters. The van der Waals surface area contributed by atoms with Crippen LogP contribution in [0.4, 0.5) is 4.79 Å². The Morgan fingerprint density at radius 2 is 2.00 bits per heavy atom. The molecule has 2 amide bonds. The summed E-state index contributed by atoms with van der Waals surface area (Å²) in [4.78, 5) is 38.3. The predicted octanol–water partition coefficient (Wildman–Crippen LogP) is 0.591. The number of methoxy groups -OCH3 is 1. The van der Waals surface area contributed by atoms with E-state index in [2.05, 4.69) is 11.9 Å². The molecule has 8 heteroatoms. The van der Waals surface area contributed by atoms with E-state index in [1.807, 2.05) is 0 Å². The first-order valence-corrected chi connectivity index (χ1v) is 8.24. The van der Waals surface area contributed by atoms with E-state index in [1.54, 1.807) is 26.8 Å². The van der Waals surface area contributed by atoms with Crippen LogP contribution < -0.4 is 5.32 Å². The van der Waals surface area contributed by atoms with E-state index in [1.165, 1.54) is 12.0 Å². The van der Waals surface area contributed by atoms with E-state index in [4.69, 9.17) is 9.47 Å². The Hall–Kier alpha value is -2.09. The summed E-state index contributed by atoms with van der Waals surface area (Å²) in [7, 11) is 1.25. The van der Waals surface area contributed by atoms with E-state index in [9.17, 15) is 19.5 Å². The number of hydrogen-bond acceptors (Lipinski definition) is 6. The molecule has 1 saturated carbocycles. The number of hydrogen-bond donors (Lipinski definition) is 2. The first-order chi connectivity index (χ1) is 11.5. The molecule has 25 heavy (non-hydrogen) atoms. The lowest BCUT2D eigenvalue weighted by Crippen LogP contribution is -2.53. The molecule has 0 aromatic heterocycles. The molecule has 1 saturated heterocycles. The third kappa shape index (κ3) is 3.95. The van der Waals surface area contributed by atoms with Crippen LogP contribution in [0.5, 0.6) is 0 Å². The lowest BCUT2D eigenvalue weighted by atomic mass is 10.1. The van der Waals surface area contributed by atoms with Crippen molar-refractivity contribution in [3.63, 3.8) is 0 Å². The minimum absolute atomic E-state index is 0.00309. The number of carbonyl (C=O) groups is 3. The zero-order valence-corrected chi connectivity index (χ0v) is 15.1. The fraction of sp³-hybridized carbons (Fsp3) is 0.706. The summed E-state index contributed by atoms with van der Waals surface area (Å²) >= 11 is 0. The van der Waals surface area contributed by atoms with Gasteiger partial charge in [-0.1, -0.05) is 6.08 Å². The number of aliphatic hydroxyl groups is 1. The molecule has 0 aromatic rings. The van der Waals surface area contributed by atoms with Crippen LogP contribution in [0, 0.1) is 5.92 Å². The standard InChI is InChI=1S/C17H26N2O6/c1-6-10-8-17(10,14(22)24-5)18-13(21)12-7-11(20)9-19(12)15(23)25-16(2,3)4/h6,10-12,20H,1,7-9H2,2-5H3,(H,18,21)/t10-,11+,12-,17+/m0/s1. The van der Waals surface area contributed by atoms with Gasteiger partial charge >= 0.3 is 12.1 Å². The molecule has 0 bridgehead atoms. The Kier molecular flexibility index (Phi) is 5.13. The second kappa shape index (κ2) is 6.67. The van der Waals surface area contributed by atoms with Gasteiger partial charge in [0, 0.05) is 12.3 Å². The van der Waals surface area contributed by atoms with Gasteiger partial charge in [0.1, 0.15) is 17.2 Å². The Balaban J connectivity index is 2.12. The van der Waals surface area contributed by atoms with Crippen LogP contribution in [0.1, 0.15) is 33.6 Å². The van der Waals surface area contributed by atoms with Crippen molar-refractivity contribution in [2.75, 3.05) is 13.7 Å². The number of amides is 2. The maximum atomic E-state index is 12.7. The van der Waals surface area contributed by atoms with Crippen LogP contribution in [0.2, 0.25) is 0 Å². The Morgan fingerprint density at radius 3 is 2.48 bits per heavy atom. The molecule has 1 aliphatic carbocycles. The highest BCUT2D eigenvalue weighted by molar-refractivity contribution is 5.94. The van der Waals surface area contributed by atoms with Crippen molar-refractivity contribution in [1.82, 2.24) is 10.2 Å². The minimum Gasteiger partial charge on any atom is -0.467 e. The van der Waals surface area contributed by atoms with Gasteiger partial charge in [0.25, 0.3) is 0 Å². The quantitative estimate of drug-likeness (QED) is 0.565. The number of carbonyl (C=O) groups excluding carboxylic acids is 3. The first kappa shape index (κ1) is 19.2. The number of ether oxygens (including phenoxy) is 2. The molecule has 1 aliphatic heterocycles. The number of esters is 1. The molecule has 2 aliphatic rings. The minimum atomic E-state index is -1.14. The molecule has 0 radical (unpaired) electrons. The smallest absolute Gasteiger partial charge is 0.411 e. The Labute approximate surface area is 147 Å². The monoisotopic (exact) mass is 354 g/mol. The van der Waals surface area contributed by atoms with Crippen LogP contribution >= 0.6 is 0 Å². The molecule has 2 N–H and O–H groups in total. The van der Waals surface area contributed by atoms with E-state index >= 15 is 0 Å². The van der Waals surface area contributed by atoms with Crippen LogP contribution in [-0.2, 0) is 19.1 Å².